The van der Waals surface area contributed by atoms with Crippen LogP contribution < -0.4 is 0 Å². The van der Waals surface area contributed by atoms with Gasteiger partial charge in [-0.25, -0.2) is 0 Å². The van der Waals surface area contributed by atoms with Gasteiger partial charge in [0.15, 0.2) is 0 Å². The van der Waals surface area contributed by atoms with Crippen molar-refractivity contribution in [3.8, 4) is 0 Å². The summed E-state index contributed by atoms with van der Waals surface area (Å²) in [7, 11) is 2.12. The highest BCUT2D eigenvalue weighted by atomic mass is 16.3. The summed E-state index contributed by atoms with van der Waals surface area (Å²) in [5.74, 6) is 2.76. The van der Waals surface area contributed by atoms with Gasteiger partial charge in [0.05, 0.1) is 13.1 Å². The summed E-state index contributed by atoms with van der Waals surface area (Å²) < 4.78 is 5.67. The minimum absolute atomic E-state index is 0.252. The molecule has 0 N–H and O–H groups in total. The first-order valence-electron chi connectivity index (χ1n) is 9.09. The topological polar surface area (TPSA) is 36.7 Å². The molecule has 0 aromatic carbocycles. The lowest BCUT2D eigenvalue weighted by Crippen LogP contribution is -2.46. The molecule has 2 fully saturated rings. The summed E-state index contributed by atoms with van der Waals surface area (Å²) >= 11 is 0. The van der Waals surface area contributed by atoms with Gasteiger partial charge in [-0.2, -0.15) is 0 Å². The summed E-state index contributed by atoms with van der Waals surface area (Å²) in [6, 6.07) is 4.94. The highest BCUT2D eigenvalue weighted by Crippen LogP contribution is 2.30. The molecular formula is C19H30N2O2. The quantitative estimate of drug-likeness (QED) is 0.804. The monoisotopic (exact) mass is 318 g/mol. The highest BCUT2D eigenvalue weighted by molar-refractivity contribution is 5.79. The van der Waals surface area contributed by atoms with Gasteiger partial charge in [-0.15, -0.1) is 0 Å². The zero-order valence-corrected chi connectivity index (χ0v) is 14.8. The summed E-state index contributed by atoms with van der Waals surface area (Å²) in [5, 5.41) is 0. The zero-order chi connectivity index (χ0) is 16.4. The number of furan rings is 1. The average Bonchev–Trinajstić information content (AvgIpc) is 3.27. The first-order chi connectivity index (χ1) is 11.0. The maximum atomic E-state index is 12.8. The van der Waals surface area contributed by atoms with Crippen molar-refractivity contribution >= 4 is 5.91 Å². The van der Waals surface area contributed by atoms with E-state index in [2.05, 4.69) is 18.9 Å². The van der Waals surface area contributed by atoms with Crippen molar-refractivity contribution in [2.24, 2.45) is 5.92 Å². The van der Waals surface area contributed by atoms with E-state index in [4.69, 9.17) is 4.42 Å². The molecule has 1 aromatic rings. The molecule has 2 aliphatic rings. The molecule has 0 bridgehead atoms. The van der Waals surface area contributed by atoms with Gasteiger partial charge < -0.3 is 9.32 Å². The molecule has 2 atom stereocenters. The fourth-order valence-corrected chi connectivity index (χ4v) is 3.92. The Hall–Kier alpha value is -1.29. The van der Waals surface area contributed by atoms with E-state index in [0.717, 1.165) is 24.4 Å². The standard InChI is InChI=1S/C19H30N2O2/c1-14-6-4-5-7-18(14)20(3)13-19(22)21(16-9-10-16)12-17-11-8-15(2)23-17/h8,11,14,16,18H,4-7,9-10,12-13H2,1-3H3/t14-,18+/m1/s1. The molecule has 0 unspecified atom stereocenters. The predicted molar refractivity (Wildman–Crippen MR) is 91.1 cm³/mol. The van der Waals surface area contributed by atoms with Crippen molar-refractivity contribution < 1.29 is 9.21 Å². The molecule has 2 saturated carbocycles. The first-order valence-corrected chi connectivity index (χ1v) is 9.09. The zero-order valence-electron chi connectivity index (χ0n) is 14.8. The van der Waals surface area contributed by atoms with Crippen molar-refractivity contribution in [1.29, 1.82) is 0 Å². The second kappa shape index (κ2) is 7.08. The van der Waals surface area contributed by atoms with E-state index < -0.39 is 0 Å². The van der Waals surface area contributed by atoms with Gasteiger partial charge in [0.25, 0.3) is 0 Å². The van der Waals surface area contributed by atoms with E-state index in [-0.39, 0.29) is 5.91 Å². The normalized spacial score (nSPS) is 24.9. The molecule has 1 heterocycles. The number of likely N-dealkylation sites (N-methyl/N-ethyl adjacent to an activating group) is 1. The van der Waals surface area contributed by atoms with Gasteiger partial charge in [0, 0.05) is 12.1 Å². The molecule has 4 nitrogen and oxygen atoms in total. The maximum absolute atomic E-state index is 12.8. The Bertz CT molecular complexity index is 535. The van der Waals surface area contributed by atoms with Crippen LogP contribution >= 0.6 is 0 Å². The van der Waals surface area contributed by atoms with E-state index in [1.54, 1.807) is 0 Å². The van der Waals surface area contributed by atoms with Gasteiger partial charge >= 0.3 is 0 Å². The lowest BCUT2D eigenvalue weighted by Gasteiger charge is -2.36. The van der Waals surface area contributed by atoms with Crippen LogP contribution in [0.3, 0.4) is 0 Å². The van der Waals surface area contributed by atoms with E-state index >= 15 is 0 Å². The summed E-state index contributed by atoms with van der Waals surface area (Å²) in [4.78, 5) is 17.2. The number of nitrogens with zero attached hydrogens (tertiary/aromatic N) is 2. The van der Waals surface area contributed by atoms with Crippen LogP contribution in [-0.4, -0.2) is 41.4 Å². The maximum Gasteiger partial charge on any atom is 0.237 e. The van der Waals surface area contributed by atoms with Gasteiger partial charge in [-0.1, -0.05) is 19.8 Å². The fraction of sp³-hybridized carbons (Fsp3) is 0.737. The van der Waals surface area contributed by atoms with Crippen molar-refractivity contribution in [2.75, 3.05) is 13.6 Å². The Labute approximate surface area is 139 Å². The minimum atomic E-state index is 0.252. The molecule has 128 valence electrons. The van der Waals surface area contributed by atoms with Crippen LogP contribution in [0.1, 0.15) is 57.0 Å². The number of hydrogen-bond acceptors (Lipinski definition) is 3. The van der Waals surface area contributed by atoms with Gasteiger partial charge in [-0.3, -0.25) is 9.69 Å². The van der Waals surface area contributed by atoms with Crippen molar-refractivity contribution in [1.82, 2.24) is 9.80 Å². The van der Waals surface area contributed by atoms with Crippen LogP contribution in [0.4, 0.5) is 0 Å². The average molecular weight is 318 g/mol. The second-order valence-electron chi connectivity index (χ2n) is 7.51. The van der Waals surface area contributed by atoms with E-state index in [1.807, 2.05) is 24.0 Å². The van der Waals surface area contributed by atoms with Crippen LogP contribution in [0, 0.1) is 12.8 Å². The van der Waals surface area contributed by atoms with Crippen LogP contribution in [0.2, 0.25) is 0 Å². The molecule has 4 heteroatoms. The minimum Gasteiger partial charge on any atom is -0.464 e. The van der Waals surface area contributed by atoms with E-state index in [9.17, 15) is 4.79 Å². The Balaban J connectivity index is 1.59. The number of aryl methyl sites for hydroxylation is 1. The van der Waals surface area contributed by atoms with Gasteiger partial charge in [0.2, 0.25) is 5.91 Å². The largest absolute Gasteiger partial charge is 0.464 e. The number of carbonyl (C=O) groups is 1. The molecule has 0 radical (unpaired) electrons. The Kier molecular flexibility index (Phi) is 5.10. The molecule has 0 saturated heterocycles. The Morgan fingerprint density at radius 2 is 1.96 bits per heavy atom. The lowest BCUT2D eigenvalue weighted by molar-refractivity contribution is -0.134. The van der Waals surface area contributed by atoms with Crippen LogP contribution in [-0.2, 0) is 11.3 Å². The van der Waals surface area contributed by atoms with Crippen LogP contribution in [0.15, 0.2) is 16.5 Å². The third-order valence-electron chi connectivity index (χ3n) is 5.45. The molecule has 2 aliphatic carbocycles. The lowest BCUT2D eigenvalue weighted by atomic mass is 9.85. The number of amides is 1. The Morgan fingerprint density at radius 3 is 2.57 bits per heavy atom. The van der Waals surface area contributed by atoms with Gasteiger partial charge in [0.1, 0.15) is 11.5 Å². The predicted octanol–water partition coefficient (Wildman–Crippen LogP) is 3.59. The molecular weight excluding hydrogens is 288 g/mol. The van der Waals surface area contributed by atoms with Crippen LogP contribution in [0.5, 0.6) is 0 Å². The van der Waals surface area contributed by atoms with E-state index in [1.165, 1.54) is 25.7 Å². The molecule has 0 spiro atoms. The molecule has 0 aliphatic heterocycles. The van der Waals surface area contributed by atoms with E-state index in [0.29, 0.717) is 31.1 Å². The fourth-order valence-electron chi connectivity index (χ4n) is 3.92. The molecule has 3 rings (SSSR count). The van der Waals surface area contributed by atoms with Gasteiger partial charge in [-0.05, 0) is 57.7 Å². The second-order valence-corrected chi connectivity index (χ2v) is 7.51. The Morgan fingerprint density at radius 1 is 1.22 bits per heavy atom. The number of carbonyl (C=O) groups excluding carboxylic acids is 1. The third kappa shape index (κ3) is 4.17. The van der Waals surface area contributed by atoms with Crippen molar-refractivity contribution in [3.63, 3.8) is 0 Å². The molecule has 1 amide bonds. The number of hydrogen-bond donors (Lipinski definition) is 0. The molecule has 1 aromatic heterocycles. The number of rotatable bonds is 6. The summed E-state index contributed by atoms with van der Waals surface area (Å²) in [6.07, 6.45) is 7.42. The SMILES string of the molecule is Cc1ccc(CN(C(=O)CN(C)[C@H]2CCCC[C@H]2C)C2CC2)o1. The van der Waals surface area contributed by atoms with Crippen molar-refractivity contribution in [3.05, 3.63) is 23.7 Å². The summed E-state index contributed by atoms with van der Waals surface area (Å²) in [5.41, 5.74) is 0. The first kappa shape index (κ1) is 16.6. The van der Waals surface area contributed by atoms with Crippen molar-refractivity contribution in [2.45, 2.75) is 71.0 Å². The third-order valence-corrected chi connectivity index (χ3v) is 5.45. The highest BCUT2D eigenvalue weighted by Gasteiger charge is 2.34. The summed E-state index contributed by atoms with van der Waals surface area (Å²) in [6.45, 7) is 5.43. The molecule has 23 heavy (non-hydrogen) atoms. The van der Waals surface area contributed by atoms with Crippen LogP contribution in [0.25, 0.3) is 0 Å². The smallest absolute Gasteiger partial charge is 0.237 e.